The van der Waals surface area contributed by atoms with Gasteiger partial charge in [0.25, 0.3) is 0 Å². The molecule has 3 heterocycles. The van der Waals surface area contributed by atoms with Crippen LogP contribution in [0.15, 0.2) is 27.8 Å². The average Bonchev–Trinajstić information content (AvgIpc) is 2.94. The van der Waals surface area contributed by atoms with Crippen molar-refractivity contribution in [1.29, 1.82) is 0 Å². The van der Waals surface area contributed by atoms with E-state index in [2.05, 4.69) is 4.98 Å². The Morgan fingerprint density at radius 2 is 2.47 bits per heavy atom. The maximum atomic E-state index is 11.2. The van der Waals surface area contributed by atoms with Crippen molar-refractivity contribution in [2.45, 2.75) is 10.9 Å². The minimum absolute atomic E-state index is 0.0108. The van der Waals surface area contributed by atoms with Crippen molar-refractivity contribution in [1.82, 2.24) is 4.98 Å². The van der Waals surface area contributed by atoms with E-state index < -0.39 is 0 Å². The fourth-order valence-electron chi connectivity index (χ4n) is 2.03. The van der Waals surface area contributed by atoms with Crippen molar-refractivity contribution >= 4 is 41.6 Å². The van der Waals surface area contributed by atoms with Gasteiger partial charge in [0, 0.05) is 16.5 Å². The molecule has 1 aliphatic rings. The molecule has 3 nitrogen and oxygen atoms in total. The van der Waals surface area contributed by atoms with Crippen LogP contribution in [0.5, 0.6) is 0 Å². The van der Waals surface area contributed by atoms with Crippen LogP contribution in [-0.2, 0) is 4.79 Å². The van der Waals surface area contributed by atoms with Crippen molar-refractivity contribution in [3.05, 3.63) is 33.0 Å². The highest BCUT2D eigenvalue weighted by Gasteiger charge is 2.34. The van der Waals surface area contributed by atoms with Gasteiger partial charge in [-0.25, -0.2) is 0 Å². The summed E-state index contributed by atoms with van der Waals surface area (Å²) in [7, 11) is 0. The molecule has 0 fully saturated rings. The molecule has 0 spiro atoms. The highest BCUT2D eigenvalue weighted by molar-refractivity contribution is 7.99. The SMILES string of the molecule is O=CC1CSc2[nH]c(=S)sc2C1c1ccco1. The van der Waals surface area contributed by atoms with Gasteiger partial charge in [0.2, 0.25) is 0 Å². The summed E-state index contributed by atoms with van der Waals surface area (Å²) in [6.45, 7) is 0. The standard InChI is InChI=1S/C11H9NO2S3/c13-4-6-5-16-10-9(17-11(15)12-10)8(6)7-2-1-3-14-7/h1-4,6,8H,5H2,(H,12,15). The van der Waals surface area contributed by atoms with Crippen molar-refractivity contribution in [3.63, 3.8) is 0 Å². The van der Waals surface area contributed by atoms with Gasteiger partial charge in [-0.15, -0.1) is 23.1 Å². The van der Waals surface area contributed by atoms with Crippen LogP contribution in [0.25, 0.3) is 0 Å². The van der Waals surface area contributed by atoms with E-state index in [1.807, 2.05) is 12.1 Å². The number of furan rings is 1. The fourth-order valence-corrected chi connectivity index (χ4v) is 4.82. The second kappa shape index (κ2) is 4.44. The third kappa shape index (κ3) is 1.90. The number of fused-ring (bicyclic) bond motifs is 1. The Morgan fingerprint density at radius 1 is 1.59 bits per heavy atom. The lowest BCUT2D eigenvalue weighted by Crippen LogP contribution is -2.21. The van der Waals surface area contributed by atoms with E-state index in [9.17, 15) is 4.79 Å². The molecule has 0 saturated heterocycles. The third-order valence-corrected chi connectivity index (χ3v) is 5.41. The van der Waals surface area contributed by atoms with Crippen LogP contribution in [-0.4, -0.2) is 17.0 Å². The van der Waals surface area contributed by atoms with Crippen LogP contribution in [0, 0.1) is 9.87 Å². The van der Waals surface area contributed by atoms with Crippen LogP contribution in [0.2, 0.25) is 0 Å². The Labute approximate surface area is 111 Å². The second-order valence-corrected chi connectivity index (χ2v) is 6.56. The first-order valence-electron chi connectivity index (χ1n) is 5.14. The summed E-state index contributed by atoms with van der Waals surface area (Å²) in [5, 5.41) is 1.08. The molecule has 17 heavy (non-hydrogen) atoms. The van der Waals surface area contributed by atoms with E-state index in [4.69, 9.17) is 16.6 Å². The van der Waals surface area contributed by atoms with Gasteiger partial charge >= 0.3 is 0 Å². The topological polar surface area (TPSA) is 46.0 Å². The van der Waals surface area contributed by atoms with E-state index >= 15 is 0 Å². The molecule has 0 saturated carbocycles. The van der Waals surface area contributed by atoms with Crippen molar-refractivity contribution in [3.8, 4) is 0 Å². The molecule has 88 valence electrons. The zero-order valence-electron chi connectivity index (χ0n) is 8.71. The predicted octanol–water partition coefficient (Wildman–Crippen LogP) is 3.45. The molecule has 0 aromatic carbocycles. The number of aromatic nitrogens is 1. The summed E-state index contributed by atoms with van der Waals surface area (Å²) in [4.78, 5) is 15.5. The molecule has 0 bridgehead atoms. The molecular weight excluding hydrogens is 274 g/mol. The number of hydrogen-bond acceptors (Lipinski definition) is 5. The summed E-state index contributed by atoms with van der Waals surface area (Å²) in [6, 6.07) is 3.77. The largest absolute Gasteiger partial charge is 0.469 e. The van der Waals surface area contributed by atoms with E-state index in [0.717, 1.165) is 31.7 Å². The highest BCUT2D eigenvalue weighted by atomic mass is 32.2. The summed E-state index contributed by atoms with van der Waals surface area (Å²) in [6.07, 6.45) is 2.66. The van der Waals surface area contributed by atoms with Crippen LogP contribution in [0.4, 0.5) is 0 Å². The van der Waals surface area contributed by atoms with Crippen molar-refractivity contribution in [2.75, 3.05) is 5.75 Å². The van der Waals surface area contributed by atoms with Gasteiger partial charge in [-0.2, -0.15) is 0 Å². The quantitative estimate of drug-likeness (QED) is 0.677. The van der Waals surface area contributed by atoms with Crippen molar-refractivity contribution < 1.29 is 9.21 Å². The number of aromatic amines is 1. The van der Waals surface area contributed by atoms with Crippen molar-refractivity contribution in [2.24, 2.45) is 5.92 Å². The predicted molar refractivity (Wildman–Crippen MR) is 70.3 cm³/mol. The average molecular weight is 283 g/mol. The van der Waals surface area contributed by atoms with E-state index in [1.165, 1.54) is 11.3 Å². The molecular formula is C11H9NO2S3. The summed E-state index contributed by atoms with van der Waals surface area (Å²) >= 11 is 8.36. The lowest BCUT2D eigenvalue weighted by atomic mass is 9.91. The lowest BCUT2D eigenvalue weighted by molar-refractivity contribution is -0.111. The van der Waals surface area contributed by atoms with E-state index in [-0.39, 0.29) is 11.8 Å². The molecule has 1 aliphatic heterocycles. The zero-order chi connectivity index (χ0) is 11.8. The Kier molecular flexibility index (Phi) is 2.94. The van der Waals surface area contributed by atoms with Gasteiger partial charge in [0.05, 0.1) is 17.2 Å². The second-order valence-electron chi connectivity index (χ2n) is 3.81. The number of carbonyl (C=O) groups is 1. The molecule has 6 heteroatoms. The number of aldehydes is 1. The van der Waals surface area contributed by atoms with Gasteiger partial charge < -0.3 is 14.2 Å². The van der Waals surface area contributed by atoms with Gasteiger partial charge in [-0.1, -0.05) is 0 Å². The number of hydrogen-bond donors (Lipinski definition) is 1. The first-order valence-corrected chi connectivity index (χ1v) is 7.35. The zero-order valence-corrected chi connectivity index (χ0v) is 11.2. The lowest BCUT2D eigenvalue weighted by Gasteiger charge is -2.24. The molecule has 0 amide bonds. The van der Waals surface area contributed by atoms with Gasteiger partial charge in [-0.3, -0.25) is 0 Å². The normalized spacial score (nSPS) is 23.3. The number of carbonyl (C=O) groups excluding carboxylic acids is 1. The molecule has 2 aromatic rings. The maximum absolute atomic E-state index is 11.2. The van der Waals surface area contributed by atoms with E-state index in [1.54, 1.807) is 18.0 Å². The van der Waals surface area contributed by atoms with Crippen LogP contribution < -0.4 is 0 Å². The Balaban J connectivity index is 2.14. The Bertz CT molecular complexity index is 584. The first-order chi connectivity index (χ1) is 8.29. The number of thioether (sulfide) groups is 1. The molecule has 0 aliphatic carbocycles. The maximum Gasteiger partial charge on any atom is 0.159 e. The molecule has 1 N–H and O–H groups in total. The van der Waals surface area contributed by atoms with Gasteiger partial charge in [0.1, 0.15) is 12.0 Å². The minimum atomic E-state index is -0.0416. The van der Waals surface area contributed by atoms with Gasteiger partial charge in [0.15, 0.2) is 3.95 Å². The molecule has 3 rings (SSSR count). The van der Waals surface area contributed by atoms with E-state index in [0.29, 0.717) is 0 Å². The molecule has 0 radical (unpaired) electrons. The third-order valence-electron chi connectivity index (χ3n) is 2.80. The Morgan fingerprint density at radius 3 is 3.18 bits per heavy atom. The van der Waals surface area contributed by atoms with Gasteiger partial charge in [-0.05, 0) is 24.4 Å². The summed E-state index contributed by atoms with van der Waals surface area (Å²) < 4.78 is 6.22. The number of thiazole rings is 1. The fraction of sp³-hybridized carbons (Fsp3) is 0.273. The number of H-pyrrole nitrogens is 1. The molecule has 2 unspecified atom stereocenters. The smallest absolute Gasteiger partial charge is 0.159 e. The summed E-state index contributed by atoms with van der Waals surface area (Å²) in [5.41, 5.74) is 0. The Hall–Kier alpha value is -0.850. The number of nitrogens with one attached hydrogen (secondary N) is 1. The monoisotopic (exact) mass is 283 g/mol. The minimum Gasteiger partial charge on any atom is -0.469 e. The van der Waals surface area contributed by atoms with Crippen LogP contribution in [0.3, 0.4) is 0 Å². The van der Waals surface area contributed by atoms with Crippen LogP contribution in [0.1, 0.15) is 16.6 Å². The summed E-state index contributed by atoms with van der Waals surface area (Å²) in [5.74, 6) is 1.58. The van der Waals surface area contributed by atoms with Crippen LogP contribution >= 0.6 is 35.3 Å². The first kappa shape index (κ1) is 11.3. The highest BCUT2D eigenvalue weighted by Crippen LogP contribution is 2.45. The molecule has 2 aromatic heterocycles. The molecule has 2 atom stereocenters. The number of rotatable bonds is 2.